The Morgan fingerprint density at radius 1 is 1.16 bits per heavy atom. The third-order valence-electron chi connectivity index (χ3n) is 3.39. The summed E-state index contributed by atoms with van der Waals surface area (Å²) in [5.41, 5.74) is 2.63. The molecule has 134 valence electrons. The van der Waals surface area contributed by atoms with E-state index in [1.807, 2.05) is 45.0 Å². The fourth-order valence-corrected chi connectivity index (χ4v) is 2.23. The van der Waals surface area contributed by atoms with Gasteiger partial charge in [-0.15, -0.1) is 0 Å². The normalized spacial score (nSPS) is 10.6. The summed E-state index contributed by atoms with van der Waals surface area (Å²) in [5.74, 6) is 0.407. The molecule has 2 rings (SSSR count). The Hall–Kier alpha value is -2.60. The van der Waals surface area contributed by atoms with Crippen molar-refractivity contribution >= 4 is 11.7 Å². The van der Waals surface area contributed by atoms with Crippen LogP contribution in [0, 0.1) is 0 Å². The number of hydrogen-bond acceptors (Lipinski definition) is 4. The molecule has 0 atom stereocenters. The van der Waals surface area contributed by atoms with Gasteiger partial charge in [0.25, 0.3) is 0 Å². The van der Waals surface area contributed by atoms with Crippen LogP contribution in [0.15, 0.2) is 42.6 Å². The van der Waals surface area contributed by atoms with Crippen LogP contribution < -0.4 is 15.4 Å². The molecule has 25 heavy (non-hydrogen) atoms. The van der Waals surface area contributed by atoms with E-state index in [9.17, 15) is 4.79 Å². The number of urea groups is 1. The van der Waals surface area contributed by atoms with E-state index in [1.54, 1.807) is 18.3 Å². The van der Waals surface area contributed by atoms with Gasteiger partial charge in [0, 0.05) is 19.3 Å². The fraction of sp³-hybridized carbons (Fsp3) is 0.368. The topological polar surface area (TPSA) is 72.5 Å². The molecule has 0 saturated heterocycles. The number of anilines is 1. The maximum Gasteiger partial charge on any atom is 0.319 e. The van der Waals surface area contributed by atoms with Gasteiger partial charge in [-0.1, -0.05) is 24.3 Å². The molecule has 0 aliphatic carbocycles. The van der Waals surface area contributed by atoms with Crippen LogP contribution in [-0.4, -0.2) is 23.7 Å². The third-order valence-corrected chi connectivity index (χ3v) is 3.39. The van der Waals surface area contributed by atoms with Gasteiger partial charge in [0.05, 0.1) is 12.7 Å². The van der Waals surface area contributed by atoms with E-state index in [0.717, 1.165) is 11.1 Å². The zero-order chi connectivity index (χ0) is 18.1. The highest BCUT2D eigenvalue weighted by Gasteiger charge is 2.10. The SMILES string of the molecule is CCOCc1ccccc1CNC(=O)Nc1cccnc1OC(C)C. The van der Waals surface area contributed by atoms with E-state index in [1.165, 1.54) is 0 Å². The molecule has 0 saturated carbocycles. The summed E-state index contributed by atoms with van der Waals surface area (Å²) in [6.45, 7) is 7.38. The Bertz CT molecular complexity index is 689. The van der Waals surface area contributed by atoms with Crippen LogP contribution >= 0.6 is 0 Å². The van der Waals surface area contributed by atoms with Crippen LogP contribution in [0.4, 0.5) is 10.5 Å². The first-order chi connectivity index (χ1) is 12.1. The van der Waals surface area contributed by atoms with E-state index < -0.39 is 0 Å². The summed E-state index contributed by atoms with van der Waals surface area (Å²) in [4.78, 5) is 16.4. The average Bonchev–Trinajstić information content (AvgIpc) is 2.60. The standard InChI is InChI=1S/C19H25N3O3/c1-4-24-13-16-9-6-5-8-15(16)12-21-19(23)22-17-10-7-11-20-18(17)25-14(2)3/h5-11,14H,4,12-13H2,1-3H3,(H2,21,22,23). The first kappa shape index (κ1) is 18.7. The number of benzene rings is 1. The molecule has 0 aliphatic heterocycles. The highest BCUT2D eigenvalue weighted by Crippen LogP contribution is 2.21. The van der Waals surface area contributed by atoms with Gasteiger partial charge in [-0.25, -0.2) is 9.78 Å². The molecule has 1 aromatic carbocycles. The van der Waals surface area contributed by atoms with Crippen LogP contribution in [0.5, 0.6) is 5.88 Å². The zero-order valence-corrected chi connectivity index (χ0v) is 14.9. The summed E-state index contributed by atoms with van der Waals surface area (Å²) in [6.07, 6.45) is 1.61. The summed E-state index contributed by atoms with van der Waals surface area (Å²) < 4.78 is 11.1. The van der Waals surface area contributed by atoms with E-state index in [0.29, 0.717) is 31.3 Å². The van der Waals surface area contributed by atoms with Crippen molar-refractivity contribution in [1.82, 2.24) is 10.3 Å². The van der Waals surface area contributed by atoms with Gasteiger partial charge in [-0.05, 0) is 44.0 Å². The van der Waals surface area contributed by atoms with Crippen molar-refractivity contribution in [3.05, 3.63) is 53.7 Å². The van der Waals surface area contributed by atoms with Gasteiger partial charge in [-0.2, -0.15) is 0 Å². The fourth-order valence-electron chi connectivity index (χ4n) is 2.23. The molecule has 0 aliphatic rings. The molecule has 0 radical (unpaired) electrons. The molecule has 1 aromatic heterocycles. The predicted octanol–water partition coefficient (Wildman–Crippen LogP) is 3.73. The first-order valence-electron chi connectivity index (χ1n) is 8.41. The molecule has 6 heteroatoms. The maximum absolute atomic E-state index is 12.2. The lowest BCUT2D eigenvalue weighted by atomic mass is 10.1. The minimum Gasteiger partial charge on any atom is -0.473 e. The van der Waals surface area contributed by atoms with Gasteiger partial charge >= 0.3 is 6.03 Å². The number of amides is 2. The van der Waals surface area contributed by atoms with Gasteiger partial charge < -0.3 is 20.1 Å². The van der Waals surface area contributed by atoms with Crippen molar-refractivity contribution in [1.29, 1.82) is 0 Å². The molecular formula is C19H25N3O3. The van der Waals surface area contributed by atoms with Gasteiger partial charge in [0.1, 0.15) is 5.69 Å². The Morgan fingerprint density at radius 2 is 1.92 bits per heavy atom. The number of carbonyl (C=O) groups is 1. The summed E-state index contributed by atoms with van der Waals surface area (Å²) in [6, 6.07) is 11.1. The highest BCUT2D eigenvalue weighted by molar-refractivity contribution is 5.90. The maximum atomic E-state index is 12.2. The average molecular weight is 343 g/mol. The van der Waals surface area contributed by atoms with Crippen LogP contribution in [0.25, 0.3) is 0 Å². The van der Waals surface area contributed by atoms with Crippen molar-refractivity contribution in [3.8, 4) is 5.88 Å². The number of pyridine rings is 1. The lowest BCUT2D eigenvalue weighted by Gasteiger charge is -2.14. The van der Waals surface area contributed by atoms with E-state index in [2.05, 4.69) is 15.6 Å². The lowest BCUT2D eigenvalue weighted by Crippen LogP contribution is -2.29. The Morgan fingerprint density at radius 3 is 2.64 bits per heavy atom. The van der Waals surface area contributed by atoms with Crippen molar-refractivity contribution in [2.45, 2.75) is 40.0 Å². The smallest absolute Gasteiger partial charge is 0.319 e. The number of nitrogens with zero attached hydrogens (tertiary/aromatic N) is 1. The minimum atomic E-state index is -0.312. The molecule has 0 fully saturated rings. The predicted molar refractivity (Wildman–Crippen MR) is 97.6 cm³/mol. The Kier molecular flexibility index (Phi) is 7.22. The number of hydrogen-bond donors (Lipinski definition) is 2. The Balaban J connectivity index is 1.96. The minimum absolute atomic E-state index is 0.0241. The monoisotopic (exact) mass is 343 g/mol. The van der Waals surface area contributed by atoms with Crippen molar-refractivity contribution in [3.63, 3.8) is 0 Å². The van der Waals surface area contributed by atoms with Gasteiger partial charge in [-0.3, -0.25) is 0 Å². The number of rotatable bonds is 8. The number of ether oxygens (including phenoxy) is 2. The number of carbonyl (C=O) groups excluding carboxylic acids is 1. The number of aromatic nitrogens is 1. The highest BCUT2D eigenvalue weighted by atomic mass is 16.5. The molecule has 2 aromatic rings. The first-order valence-corrected chi connectivity index (χ1v) is 8.41. The third kappa shape index (κ3) is 6.08. The van der Waals surface area contributed by atoms with E-state index >= 15 is 0 Å². The van der Waals surface area contributed by atoms with Crippen molar-refractivity contribution < 1.29 is 14.3 Å². The molecule has 6 nitrogen and oxygen atoms in total. The molecule has 0 spiro atoms. The van der Waals surface area contributed by atoms with Crippen LogP contribution in [-0.2, 0) is 17.9 Å². The summed E-state index contributed by atoms with van der Waals surface area (Å²) >= 11 is 0. The van der Waals surface area contributed by atoms with Crippen LogP contribution in [0.3, 0.4) is 0 Å². The molecule has 2 amide bonds. The summed E-state index contributed by atoms with van der Waals surface area (Å²) in [7, 11) is 0. The second-order valence-corrected chi connectivity index (χ2v) is 5.74. The van der Waals surface area contributed by atoms with Crippen molar-refractivity contribution in [2.24, 2.45) is 0 Å². The summed E-state index contributed by atoms with van der Waals surface area (Å²) in [5, 5.41) is 5.64. The molecule has 1 heterocycles. The van der Waals surface area contributed by atoms with Crippen LogP contribution in [0.2, 0.25) is 0 Å². The van der Waals surface area contributed by atoms with Gasteiger partial charge in [0.15, 0.2) is 0 Å². The lowest BCUT2D eigenvalue weighted by molar-refractivity contribution is 0.133. The van der Waals surface area contributed by atoms with Crippen LogP contribution in [0.1, 0.15) is 31.9 Å². The van der Waals surface area contributed by atoms with E-state index in [4.69, 9.17) is 9.47 Å². The quantitative estimate of drug-likeness (QED) is 0.766. The number of nitrogens with one attached hydrogen (secondary N) is 2. The molecular weight excluding hydrogens is 318 g/mol. The van der Waals surface area contributed by atoms with Gasteiger partial charge in [0.2, 0.25) is 5.88 Å². The molecule has 2 N–H and O–H groups in total. The molecule has 0 bridgehead atoms. The largest absolute Gasteiger partial charge is 0.473 e. The second-order valence-electron chi connectivity index (χ2n) is 5.74. The Labute approximate surface area is 148 Å². The van der Waals surface area contributed by atoms with Crippen molar-refractivity contribution in [2.75, 3.05) is 11.9 Å². The zero-order valence-electron chi connectivity index (χ0n) is 14.9. The second kappa shape index (κ2) is 9.64. The molecule has 0 unspecified atom stereocenters. The van der Waals surface area contributed by atoms with E-state index in [-0.39, 0.29) is 12.1 Å².